The Bertz CT molecular complexity index is 1070. The number of sulfonamides is 1. The van der Waals surface area contributed by atoms with Gasteiger partial charge in [-0.05, 0) is 25.0 Å². The second kappa shape index (κ2) is 6.72. The first-order valence-corrected chi connectivity index (χ1v) is 11.4. The predicted molar refractivity (Wildman–Crippen MR) is 103 cm³/mol. The monoisotopic (exact) mass is 431 g/mol. The van der Waals surface area contributed by atoms with Crippen LogP contribution in [0.25, 0.3) is 15.5 Å². The molecule has 1 aromatic carbocycles. The van der Waals surface area contributed by atoms with Crippen molar-refractivity contribution in [3.8, 4) is 10.6 Å². The van der Waals surface area contributed by atoms with Gasteiger partial charge in [-0.3, -0.25) is 0 Å². The van der Waals surface area contributed by atoms with Crippen molar-refractivity contribution in [2.75, 3.05) is 19.3 Å². The van der Waals surface area contributed by atoms with E-state index < -0.39 is 10.0 Å². The zero-order valence-corrected chi connectivity index (χ0v) is 16.9. The number of hydrogen-bond donors (Lipinski definition) is 0. The van der Waals surface area contributed by atoms with Crippen LogP contribution in [0.5, 0.6) is 0 Å². The summed E-state index contributed by atoms with van der Waals surface area (Å²) in [5, 5.41) is 14.9. The van der Waals surface area contributed by atoms with Gasteiger partial charge in [0.25, 0.3) is 0 Å². The average molecular weight is 432 g/mol. The van der Waals surface area contributed by atoms with Crippen LogP contribution in [0.1, 0.15) is 24.6 Å². The van der Waals surface area contributed by atoms with E-state index in [0.717, 1.165) is 16.4 Å². The van der Waals surface area contributed by atoms with Gasteiger partial charge < -0.3 is 0 Å². The summed E-state index contributed by atoms with van der Waals surface area (Å²) in [6.07, 6.45) is 2.65. The van der Waals surface area contributed by atoms with Crippen LogP contribution < -0.4 is 0 Å². The lowest BCUT2D eigenvalue weighted by Crippen LogP contribution is -2.37. The summed E-state index contributed by atoms with van der Waals surface area (Å²) < 4.78 is 26.6. The molecule has 1 fully saturated rings. The highest BCUT2D eigenvalue weighted by Crippen LogP contribution is 2.33. The summed E-state index contributed by atoms with van der Waals surface area (Å²) in [7, 11) is -3.15. The molecule has 26 heavy (non-hydrogen) atoms. The summed E-state index contributed by atoms with van der Waals surface area (Å²) in [4.78, 5) is 0.701. The maximum absolute atomic E-state index is 11.7. The number of piperidine rings is 1. The smallest absolute Gasteiger partial charge is 0.213 e. The lowest BCUT2D eigenvalue weighted by atomic mass is 9.97. The van der Waals surface area contributed by atoms with E-state index >= 15 is 0 Å². The molecule has 1 saturated heterocycles. The van der Waals surface area contributed by atoms with Crippen molar-refractivity contribution in [2.45, 2.75) is 18.8 Å². The van der Waals surface area contributed by atoms with Gasteiger partial charge >= 0.3 is 0 Å². The second-order valence-corrected chi connectivity index (χ2v) is 9.98. The fourth-order valence-electron chi connectivity index (χ4n) is 3.08. The summed E-state index contributed by atoms with van der Waals surface area (Å²) in [6.45, 7) is 0.977. The van der Waals surface area contributed by atoms with Crippen molar-refractivity contribution in [2.24, 2.45) is 0 Å². The van der Waals surface area contributed by atoms with Crippen molar-refractivity contribution < 1.29 is 8.42 Å². The number of nitrogens with zero attached hydrogens (tertiary/aromatic N) is 5. The molecule has 1 aliphatic rings. The molecule has 3 aromatic rings. The van der Waals surface area contributed by atoms with Crippen molar-refractivity contribution in [3.05, 3.63) is 34.1 Å². The molecule has 11 heteroatoms. The molecule has 2 aromatic heterocycles. The van der Waals surface area contributed by atoms with E-state index in [1.54, 1.807) is 16.6 Å². The normalized spacial score (nSPS) is 17.2. The third kappa shape index (κ3) is 3.34. The van der Waals surface area contributed by atoms with Gasteiger partial charge in [0.05, 0.1) is 16.3 Å². The fourth-order valence-corrected chi connectivity index (χ4v) is 5.09. The summed E-state index contributed by atoms with van der Waals surface area (Å²) in [5.41, 5.74) is 0.868. The Morgan fingerprint density at radius 2 is 1.88 bits per heavy atom. The van der Waals surface area contributed by atoms with E-state index in [-0.39, 0.29) is 5.92 Å². The first-order chi connectivity index (χ1) is 12.3. The highest BCUT2D eigenvalue weighted by molar-refractivity contribution is 7.88. The van der Waals surface area contributed by atoms with E-state index in [1.165, 1.54) is 21.9 Å². The molecule has 0 unspecified atom stereocenters. The van der Waals surface area contributed by atoms with Gasteiger partial charge in [-0.25, -0.2) is 12.7 Å². The Hall–Kier alpha value is -1.26. The number of fused-ring (bicyclic) bond motifs is 1. The van der Waals surface area contributed by atoms with Crippen molar-refractivity contribution in [1.29, 1.82) is 0 Å². The standard InChI is InChI=1S/C15H15Cl2N5O2S2/c1-26(23,24)21-6-4-9(5-7-21)13-18-19-15-22(13)20-14(25-15)10-2-3-11(16)12(17)8-10/h2-3,8-9H,4-7H2,1H3. The number of rotatable bonds is 3. The Balaban J connectivity index is 1.62. The van der Waals surface area contributed by atoms with Crippen LogP contribution in [0.2, 0.25) is 10.0 Å². The van der Waals surface area contributed by atoms with Crippen molar-refractivity contribution >= 4 is 49.5 Å². The minimum absolute atomic E-state index is 0.131. The zero-order valence-electron chi connectivity index (χ0n) is 13.8. The second-order valence-electron chi connectivity index (χ2n) is 6.22. The number of halogens is 2. The quantitative estimate of drug-likeness (QED) is 0.635. The van der Waals surface area contributed by atoms with Gasteiger partial charge in [-0.2, -0.15) is 9.61 Å². The highest BCUT2D eigenvalue weighted by atomic mass is 35.5. The molecule has 0 aliphatic carbocycles. The predicted octanol–water partition coefficient (Wildman–Crippen LogP) is 3.30. The molecule has 3 heterocycles. The molecule has 0 radical (unpaired) electrons. The lowest BCUT2D eigenvalue weighted by Gasteiger charge is -2.28. The molecule has 138 valence electrons. The van der Waals surface area contributed by atoms with Gasteiger partial charge in [0.1, 0.15) is 5.01 Å². The van der Waals surface area contributed by atoms with Crippen LogP contribution in [0.3, 0.4) is 0 Å². The Kier molecular flexibility index (Phi) is 4.68. The highest BCUT2D eigenvalue weighted by Gasteiger charge is 2.29. The SMILES string of the molecule is CS(=O)(=O)N1CCC(c2nnc3sc(-c4ccc(Cl)c(Cl)c4)nn23)CC1. The summed E-state index contributed by atoms with van der Waals surface area (Å²) in [5.74, 6) is 0.905. The maximum Gasteiger partial charge on any atom is 0.234 e. The van der Waals surface area contributed by atoms with Crippen molar-refractivity contribution in [1.82, 2.24) is 24.1 Å². The van der Waals surface area contributed by atoms with Crippen molar-refractivity contribution in [3.63, 3.8) is 0 Å². The topological polar surface area (TPSA) is 80.5 Å². The van der Waals surface area contributed by atoms with Crippen LogP contribution in [0.4, 0.5) is 0 Å². The Labute approximate surface area is 164 Å². The molecule has 0 saturated carbocycles. The molecular weight excluding hydrogens is 417 g/mol. The minimum Gasteiger partial charge on any atom is -0.213 e. The van der Waals surface area contributed by atoms with Crippen LogP contribution in [0, 0.1) is 0 Å². The largest absolute Gasteiger partial charge is 0.234 e. The molecule has 4 rings (SSSR count). The molecule has 7 nitrogen and oxygen atoms in total. The van der Waals surface area contributed by atoms with Crippen LogP contribution in [-0.2, 0) is 10.0 Å². The van der Waals surface area contributed by atoms with Crippen LogP contribution >= 0.6 is 34.5 Å². The number of aromatic nitrogens is 4. The van der Waals surface area contributed by atoms with Gasteiger partial charge in [0.15, 0.2) is 5.82 Å². The first-order valence-electron chi connectivity index (χ1n) is 7.95. The minimum atomic E-state index is -3.15. The maximum atomic E-state index is 11.7. The Morgan fingerprint density at radius 3 is 2.54 bits per heavy atom. The molecule has 0 N–H and O–H groups in total. The average Bonchev–Trinajstić information content (AvgIpc) is 3.17. The fraction of sp³-hybridized carbons (Fsp3) is 0.400. The Morgan fingerprint density at radius 1 is 1.15 bits per heavy atom. The molecular formula is C15H15Cl2N5O2S2. The molecule has 0 atom stereocenters. The van der Waals surface area contributed by atoms with Gasteiger partial charge in [-0.15, -0.1) is 10.2 Å². The van der Waals surface area contributed by atoms with E-state index in [9.17, 15) is 8.42 Å². The summed E-state index contributed by atoms with van der Waals surface area (Å²) in [6, 6.07) is 5.38. The molecule has 0 amide bonds. The van der Waals surface area contributed by atoms with E-state index in [4.69, 9.17) is 23.2 Å². The third-order valence-corrected chi connectivity index (χ3v) is 7.46. The zero-order chi connectivity index (χ0) is 18.5. The van der Waals surface area contributed by atoms with Crippen LogP contribution in [0.15, 0.2) is 18.2 Å². The third-order valence-electron chi connectivity index (χ3n) is 4.47. The van der Waals surface area contributed by atoms with Gasteiger partial charge in [-0.1, -0.05) is 40.6 Å². The van der Waals surface area contributed by atoms with E-state index in [2.05, 4.69) is 15.3 Å². The lowest BCUT2D eigenvalue weighted by molar-refractivity contribution is 0.313. The van der Waals surface area contributed by atoms with E-state index in [0.29, 0.717) is 40.9 Å². The van der Waals surface area contributed by atoms with Gasteiger partial charge in [0, 0.05) is 24.6 Å². The number of hydrogen-bond acceptors (Lipinski definition) is 6. The van der Waals surface area contributed by atoms with E-state index in [1.807, 2.05) is 6.07 Å². The molecule has 0 bridgehead atoms. The van der Waals surface area contributed by atoms with Crippen LogP contribution in [-0.4, -0.2) is 51.9 Å². The molecule has 0 spiro atoms. The molecule has 1 aliphatic heterocycles. The van der Waals surface area contributed by atoms with Gasteiger partial charge in [0.2, 0.25) is 15.0 Å². The summed E-state index contributed by atoms with van der Waals surface area (Å²) >= 11 is 13.5. The number of benzene rings is 1. The first kappa shape index (κ1) is 18.1.